The molecule has 0 aliphatic carbocycles. The molecule has 1 amide bonds. The van der Waals surface area contributed by atoms with E-state index in [1.165, 1.54) is 11.8 Å². The minimum absolute atomic E-state index is 0.127. The molecule has 3 aromatic carbocycles. The molecule has 8 nitrogen and oxygen atoms in total. The molecular formula is C26H25N5O3S. The Morgan fingerprint density at radius 2 is 1.69 bits per heavy atom. The van der Waals surface area contributed by atoms with Gasteiger partial charge in [0.25, 0.3) is 5.91 Å². The highest BCUT2D eigenvalue weighted by atomic mass is 32.2. The van der Waals surface area contributed by atoms with Crippen molar-refractivity contribution in [1.82, 2.24) is 20.2 Å². The average molecular weight is 488 g/mol. The number of hydrogen-bond acceptors (Lipinski definition) is 7. The minimum Gasteiger partial charge on any atom is -0.497 e. The molecule has 0 aliphatic heterocycles. The third-order valence-corrected chi connectivity index (χ3v) is 6.09. The predicted octanol–water partition coefficient (Wildman–Crippen LogP) is 4.58. The lowest BCUT2D eigenvalue weighted by atomic mass is 10.1. The molecule has 0 unspecified atom stereocenters. The lowest BCUT2D eigenvalue weighted by Crippen LogP contribution is -2.21. The number of thioether (sulfide) groups is 1. The molecule has 1 aromatic heterocycles. The summed E-state index contributed by atoms with van der Waals surface area (Å²) >= 11 is 1.29. The van der Waals surface area contributed by atoms with Crippen LogP contribution in [0.1, 0.15) is 12.5 Å². The summed E-state index contributed by atoms with van der Waals surface area (Å²) in [6, 6.07) is 24.9. The van der Waals surface area contributed by atoms with Gasteiger partial charge in [-0.05, 0) is 55.5 Å². The summed E-state index contributed by atoms with van der Waals surface area (Å²) in [6.07, 6.45) is 0. The largest absolute Gasteiger partial charge is 0.497 e. The quantitative estimate of drug-likeness (QED) is 0.211. The summed E-state index contributed by atoms with van der Waals surface area (Å²) < 4.78 is 12.4. The number of nitrogens with one attached hydrogen (secondary N) is 1. The van der Waals surface area contributed by atoms with Gasteiger partial charge in [-0.2, -0.15) is 5.10 Å². The first kappa shape index (κ1) is 24.0. The van der Waals surface area contributed by atoms with E-state index in [0.29, 0.717) is 16.7 Å². The Bertz CT molecular complexity index is 1320. The number of hydrogen-bond donors (Lipinski definition) is 1. The van der Waals surface area contributed by atoms with Gasteiger partial charge in [0.1, 0.15) is 11.5 Å². The second-order valence-electron chi connectivity index (χ2n) is 7.46. The summed E-state index contributed by atoms with van der Waals surface area (Å²) in [4.78, 5) is 12.5. The number of benzene rings is 3. The number of carbonyl (C=O) groups excluding carboxylic acids is 1. The van der Waals surface area contributed by atoms with Crippen LogP contribution in [0.2, 0.25) is 0 Å². The lowest BCUT2D eigenvalue weighted by molar-refractivity contribution is -0.118. The monoisotopic (exact) mass is 487 g/mol. The maximum Gasteiger partial charge on any atom is 0.250 e. The molecule has 0 fully saturated rings. The molecule has 0 spiro atoms. The fourth-order valence-corrected chi connectivity index (χ4v) is 4.07. The molecule has 0 radical (unpaired) electrons. The lowest BCUT2D eigenvalue weighted by Gasteiger charge is -2.10. The van der Waals surface area contributed by atoms with Crippen molar-refractivity contribution in [2.75, 3.05) is 20.0 Å². The van der Waals surface area contributed by atoms with Gasteiger partial charge in [0, 0.05) is 16.8 Å². The van der Waals surface area contributed by atoms with Crippen molar-refractivity contribution >= 4 is 23.4 Å². The first-order chi connectivity index (χ1) is 17.1. The first-order valence-corrected chi connectivity index (χ1v) is 11.8. The summed E-state index contributed by atoms with van der Waals surface area (Å²) in [5, 5.41) is 13.6. The van der Waals surface area contributed by atoms with Crippen LogP contribution in [0, 0.1) is 0 Å². The summed E-state index contributed by atoms with van der Waals surface area (Å²) in [5.41, 5.74) is 5.95. The Morgan fingerprint density at radius 3 is 2.40 bits per heavy atom. The van der Waals surface area contributed by atoms with E-state index >= 15 is 0 Å². The Morgan fingerprint density at radius 1 is 0.943 bits per heavy atom. The minimum atomic E-state index is -0.245. The van der Waals surface area contributed by atoms with Crippen LogP contribution in [-0.2, 0) is 4.79 Å². The van der Waals surface area contributed by atoms with E-state index in [0.717, 1.165) is 28.3 Å². The van der Waals surface area contributed by atoms with Crippen LogP contribution in [0.15, 0.2) is 89.1 Å². The molecule has 35 heavy (non-hydrogen) atoms. The number of rotatable bonds is 9. The molecule has 0 aliphatic rings. The number of carbonyl (C=O) groups is 1. The van der Waals surface area contributed by atoms with Crippen LogP contribution in [-0.4, -0.2) is 46.4 Å². The predicted molar refractivity (Wildman–Crippen MR) is 137 cm³/mol. The highest BCUT2D eigenvalue weighted by Crippen LogP contribution is 2.29. The number of amides is 1. The average Bonchev–Trinajstić information content (AvgIpc) is 3.35. The van der Waals surface area contributed by atoms with Crippen LogP contribution in [0.5, 0.6) is 11.5 Å². The number of ether oxygens (including phenoxy) is 2. The van der Waals surface area contributed by atoms with E-state index in [-0.39, 0.29) is 11.7 Å². The molecule has 0 saturated carbocycles. The van der Waals surface area contributed by atoms with Gasteiger partial charge >= 0.3 is 0 Å². The zero-order valence-electron chi connectivity index (χ0n) is 19.6. The Kier molecular flexibility index (Phi) is 7.79. The SMILES string of the molecule is COc1ccc(-c2nnc(SCC(=O)N/N=C(/C)c3cccc(OC)c3)n2-c2ccccc2)cc1. The second-order valence-corrected chi connectivity index (χ2v) is 8.40. The number of hydrazone groups is 1. The van der Waals surface area contributed by atoms with Gasteiger partial charge in [-0.3, -0.25) is 9.36 Å². The maximum atomic E-state index is 12.5. The molecule has 0 atom stereocenters. The smallest absolute Gasteiger partial charge is 0.250 e. The van der Waals surface area contributed by atoms with Crippen LogP contribution < -0.4 is 14.9 Å². The second kappa shape index (κ2) is 11.3. The normalized spacial score (nSPS) is 11.2. The van der Waals surface area contributed by atoms with E-state index in [1.807, 2.05) is 90.4 Å². The van der Waals surface area contributed by atoms with Crippen molar-refractivity contribution in [3.8, 4) is 28.6 Å². The first-order valence-electron chi connectivity index (χ1n) is 10.8. The van der Waals surface area contributed by atoms with Crippen molar-refractivity contribution in [3.05, 3.63) is 84.4 Å². The Labute approximate surface area is 208 Å². The summed E-state index contributed by atoms with van der Waals surface area (Å²) in [7, 11) is 3.24. The molecular weight excluding hydrogens is 462 g/mol. The summed E-state index contributed by atoms with van der Waals surface area (Å²) in [5.74, 6) is 2.05. The van der Waals surface area contributed by atoms with Crippen LogP contribution in [0.25, 0.3) is 17.1 Å². The van der Waals surface area contributed by atoms with E-state index in [9.17, 15) is 4.79 Å². The molecule has 0 saturated heterocycles. The molecule has 1 heterocycles. The Balaban J connectivity index is 1.50. The number of aromatic nitrogens is 3. The molecule has 9 heteroatoms. The number of nitrogens with zero attached hydrogens (tertiary/aromatic N) is 4. The van der Waals surface area contributed by atoms with Crippen LogP contribution in [0.4, 0.5) is 0 Å². The van der Waals surface area contributed by atoms with Crippen LogP contribution in [0.3, 0.4) is 0 Å². The van der Waals surface area contributed by atoms with Gasteiger partial charge in [-0.1, -0.05) is 42.1 Å². The van der Waals surface area contributed by atoms with Gasteiger partial charge in [0.15, 0.2) is 11.0 Å². The van der Waals surface area contributed by atoms with Crippen molar-refractivity contribution < 1.29 is 14.3 Å². The summed E-state index contributed by atoms with van der Waals surface area (Å²) in [6.45, 7) is 1.83. The van der Waals surface area contributed by atoms with E-state index in [2.05, 4.69) is 20.7 Å². The third-order valence-electron chi connectivity index (χ3n) is 5.16. The zero-order valence-corrected chi connectivity index (χ0v) is 20.5. The van der Waals surface area contributed by atoms with E-state index in [1.54, 1.807) is 14.2 Å². The molecule has 178 valence electrons. The standard InChI is InChI=1S/C26H25N5O3S/c1-18(20-8-7-11-23(16-20)34-3)27-28-24(32)17-35-26-30-29-25(19-12-14-22(33-2)15-13-19)31(26)21-9-5-4-6-10-21/h4-16H,17H2,1-3H3,(H,28,32)/b27-18-. The molecule has 0 bridgehead atoms. The van der Waals surface area contributed by atoms with Gasteiger partial charge in [-0.25, -0.2) is 5.43 Å². The van der Waals surface area contributed by atoms with Gasteiger partial charge in [0.2, 0.25) is 0 Å². The molecule has 4 aromatic rings. The maximum absolute atomic E-state index is 12.5. The zero-order chi connectivity index (χ0) is 24.6. The van der Waals surface area contributed by atoms with E-state index < -0.39 is 0 Å². The fourth-order valence-electron chi connectivity index (χ4n) is 3.32. The fraction of sp³-hybridized carbons (Fsp3) is 0.154. The molecule has 4 rings (SSSR count). The van der Waals surface area contributed by atoms with Gasteiger partial charge < -0.3 is 9.47 Å². The van der Waals surface area contributed by atoms with E-state index in [4.69, 9.17) is 9.47 Å². The van der Waals surface area contributed by atoms with Crippen molar-refractivity contribution in [2.24, 2.45) is 5.10 Å². The van der Waals surface area contributed by atoms with Gasteiger partial charge in [0.05, 0.1) is 25.7 Å². The van der Waals surface area contributed by atoms with Crippen LogP contribution >= 0.6 is 11.8 Å². The van der Waals surface area contributed by atoms with Crippen molar-refractivity contribution in [3.63, 3.8) is 0 Å². The van der Waals surface area contributed by atoms with Crippen molar-refractivity contribution in [2.45, 2.75) is 12.1 Å². The number of methoxy groups -OCH3 is 2. The van der Waals surface area contributed by atoms with Gasteiger partial charge in [-0.15, -0.1) is 10.2 Å². The Hall–Kier alpha value is -4.11. The topological polar surface area (TPSA) is 90.6 Å². The highest BCUT2D eigenvalue weighted by Gasteiger charge is 2.17. The van der Waals surface area contributed by atoms with Crippen molar-refractivity contribution in [1.29, 1.82) is 0 Å². The molecule has 1 N–H and O–H groups in total. The third kappa shape index (κ3) is 5.88. The number of para-hydroxylation sites is 1. The highest BCUT2D eigenvalue weighted by molar-refractivity contribution is 7.99.